The maximum atomic E-state index is 11.6. The monoisotopic (exact) mass is 390 g/mol. The number of pyridine rings is 1. The van der Waals surface area contributed by atoms with Crippen molar-refractivity contribution in [2.45, 2.75) is 26.7 Å². The summed E-state index contributed by atoms with van der Waals surface area (Å²) in [5, 5.41) is 19.6. The van der Waals surface area contributed by atoms with E-state index in [1.54, 1.807) is 30.9 Å². The van der Waals surface area contributed by atoms with Crippen LogP contribution in [0.5, 0.6) is 0 Å². The van der Waals surface area contributed by atoms with Gasteiger partial charge in [-0.25, -0.2) is 0 Å². The number of H-pyrrole nitrogens is 1. The lowest BCUT2D eigenvalue weighted by Gasteiger charge is -2.08. The number of nitrogens with zero attached hydrogens (tertiary/aromatic N) is 4. The van der Waals surface area contributed by atoms with Crippen LogP contribution < -0.4 is 10.9 Å². The molecule has 0 aliphatic rings. The van der Waals surface area contributed by atoms with E-state index in [4.69, 9.17) is 0 Å². The smallest absolute Gasteiger partial charge is 0.250 e. The number of aromatic nitrogens is 5. The second-order valence-corrected chi connectivity index (χ2v) is 6.74. The number of aryl methyl sites for hydroxylation is 1. The van der Waals surface area contributed by atoms with Crippen molar-refractivity contribution in [3.05, 3.63) is 59.1 Å². The first-order valence-corrected chi connectivity index (χ1v) is 9.74. The first kappa shape index (κ1) is 20.3. The van der Waals surface area contributed by atoms with Crippen LogP contribution >= 0.6 is 0 Å². The Morgan fingerprint density at radius 1 is 1.00 bits per heavy atom. The van der Waals surface area contributed by atoms with Crippen molar-refractivity contribution >= 4 is 16.7 Å². The summed E-state index contributed by atoms with van der Waals surface area (Å²) in [6.45, 7) is 4.36. The Bertz CT molecular complexity index is 1140. The van der Waals surface area contributed by atoms with Crippen molar-refractivity contribution in [3.63, 3.8) is 0 Å². The first-order chi connectivity index (χ1) is 14.1. The molecule has 0 radical (unpaired) electrons. The molecule has 2 N–H and O–H groups in total. The minimum atomic E-state index is -0.0382. The molecule has 4 rings (SSSR count). The molecule has 4 aromatic rings. The van der Waals surface area contributed by atoms with E-state index in [0.29, 0.717) is 5.82 Å². The van der Waals surface area contributed by atoms with Gasteiger partial charge >= 0.3 is 0 Å². The van der Waals surface area contributed by atoms with Gasteiger partial charge in [0.25, 0.3) is 0 Å². The number of hydrogen-bond donors (Lipinski definition) is 2. The molecule has 0 fully saturated rings. The van der Waals surface area contributed by atoms with Crippen LogP contribution in [0.25, 0.3) is 33.3 Å². The highest BCUT2D eigenvalue weighted by Crippen LogP contribution is 2.33. The quantitative estimate of drug-likeness (QED) is 0.544. The van der Waals surface area contributed by atoms with Gasteiger partial charge in [0.15, 0.2) is 0 Å². The van der Waals surface area contributed by atoms with Crippen LogP contribution in [0.1, 0.15) is 26.7 Å². The highest BCUT2D eigenvalue weighted by Gasteiger charge is 2.13. The molecule has 7 heteroatoms. The molecule has 0 atom stereocenters. The molecule has 0 saturated heterocycles. The largest absolute Gasteiger partial charge is 0.372 e. The molecule has 0 amide bonds. The minimum absolute atomic E-state index is 0.0382. The van der Waals surface area contributed by atoms with Crippen LogP contribution in [-0.2, 0) is 7.05 Å². The van der Waals surface area contributed by atoms with Crippen molar-refractivity contribution < 1.29 is 0 Å². The normalized spacial score (nSPS) is 10.5. The fourth-order valence-electron chi connectivity index (χ4n) is 2.86. The van der Waals surface area contributed by atoms with E-state index in [1.165, 1.54) is 12.8 Å². The van der Waals surface area contributed by atoms with Gasteiger partial charge in [-0.05, 0) is 35.4 Å². The number of anilines is 1. The third-order valence-corrected chi connectivity index (χ3v) is 4.71. The summed E-state index contributed by atoms with van der Waals surface area (Å²) >= 11 is 0. The molecule has 0 unspecified atom stereocenters. The van der Waals surface area contributed by atoms with Crippen LogP contribution in [0.3, 0.4) is 0 Å². The first-order valence-electron chi connectivity index (χ1n) is 9.74. The third kappa shape index (κ3) is 4.34. The number of fused-ring (bicyclic) bond motifs is 1. The summed E-state index contributed by atoms with van der Waals surface area (Å²) < 4.78 is 1.57. The Labute approximate surface area is 169 Å². The molecule has 29 heavy (non-hydrogen) atoms. The van der Waals surface area contributed by atoms with Gasteiger partial charge in [-0.3, -0.25) is 9.89 Å². The average Bonchev–Trinajstić information content (AvgIpc) is 3.25. The number of unbranched alkanes of at least 4 members (excludes halogenated alkanes) is 1. The number of rotatable bonds is 4. The molecule has 0 saturated carbocycles. The van der Waals surface area contributed by atoms with Gasteiger partial charge in [0, 0.05) is 37.3 Å². The molecular formula is C22H26N6O. The molecule has 0 spiro atoms. The second-order valence-electron chi connectivity index (χ2n) is 6.74. The summed E-state index contributed by atoms with van der Waals surface area (Å²) in [5.74, 6) is 0.714. The van der Waals surface area contributed by atoms with Crippen molar-refractivity contribution in [1.82, 2.24) is 25.0 Å². The van der Waals surface area contributed by atoms with Gasteiger partial charge in [0.1, 0.15) is 5.82 Å². The van der Waals surface area contributed by atoms with E-state index in [1.807, 2.05) is 36.5 Å². The maximum absolute atomic E-state index is 11.6. The predicted molar refractivity (Wildman–Crippen MR) is 118 cm³/mol. The van der Waals surface area contributed by atoms with E-state index >= 15 is 0 Å². The zero-order valence-corrected chi connectivity index (χ0v) is 17.2. The minimum Gasteiger partial charge on any atom is -0.372 e. The van der Waals surface area contributed by atoms with Crippen molar-refractivity contribution in [2.24, 2.45) is 7.05 Å². The lowest BCUT2D eigenvalue weighted by Crippen LogP contribution is -2.13. The predicted octanol–water partition coefficient (Wildman–Crippen LogP) is 4.23. The maximum Gasteiger partial charge on any atom is 0.250 e. The molecule has 0 bridgehead atoms. The summed E-state index contributed by atoms with van der Waals surface area (Å²) in [5.41, 5.74) is 4.50. The fraction of sp³-hybridized carbons (Fsp3) is 0.273. The molecule has 3 aromatic heterocycles. The molecule has 3 heterocycles. The molecule has 0 aliphatic heterocycles. The Hall–Kier alpha value is -3.48. The van der Waals surface area contributed by atoms with Gasteiger partial charge in [0.05, 0.1) is 17.4 Å². The van der Waals surface area contributed by atoms with Crippen LogP contribution in [0.2, 0.25) is 0 Å². The zero-order chi connectivity index (χ0) is 20.8. The van der Waals surface area contributed by atoms with Crippen molar-refractivity contribution in [1.29, 1.82) is 0 Å². The van der Waals surface area contributed by atoms with Crippen LogP contribution in [-0.4, -0.2) is 32.0 Å². The van der Waals surface area contributed by atoms with E-state index in [9.17, 15) is 4.79 Å². The molecule has 1 aromatic carbocycles. The number of benzene rings is 1. The summed E-state index contributed by atoms with van der Waals surface area (Å²) in [4.78, 5) is 11.6. The van der Waals surface area contributed by atoms with Gasteiger partial charge in [-0.15, -0.1) is 10.2 Å². The Morgan fingerprint density at radius 3 is 2.38 bits per heavy atom. The standard InChI is InChI=1S/C18H16N6O.C4H10/c1-19-16-7-6-15(21-22-16)13-5-4-12(14-9-20-23-18(13)14)11-3-8-17(25)24(2)10-11;1-3-4-2/h3-10H,1-2H3,(H,19,22)(H,20,23);3-4H2,1-2H3. The van der Waals surface area contributed by atoms with Gasteiger partial charge in [0.2, 0.25) is 5.56 Å². The zero-order valence-electron chi connectivity index (χ0n) is 17.2. The molecular weight excluding hydrogens is 364 g/mol. The Balaban J connectivity index is 0.000000552. The Kier molecular flexibility index (Phi) is 6.39. The van der Waals surface area contributed by atoms with Crippen molar-refractivity contribution in [3.8, 4) is 22.4 Å². The SMILES string of the molecule is CCCC.CNc1ccc(-c2ccc(-c3ccc(=O)n(C)c3)c3cn[nH]c23)nn1. The van der Waals surface area contributed by atoms with E-state index in [0.717, 1.165) is 33.3 Å². The Morgan fingerprint density at radius 2 is 1.76 bits per heavy atom. The summed E-state index contributed by atoms with van der Waals surface area (Å²) in [7, 11) is 3.55. The number of nitrogens with one attached hydrogen (secondary N) is 2. The summed E-state index contributed by atoms with van der Waals surface area (Å²) in [6, 6.07) is 11.2. The lowest BCUT2D eigenvalue weighted by molar-refractivity contribution is 0.862. The second kappa shape index (κ2) is 9.14. The van der Waals surface area contributed by atoms with Crippen molar-refractivity contribution in [2.75, 3.05) is 12.4 Å². The van der Waals surface area contributed by atoms with Gasteiger partial charge in [-0.2, -0.15) is 5.10 Å². The van der Waals surface area contributed by atoms with E-state index in [-0.39, 0.29) is 5.56 Å². The average molecular weight is 390 g/mol. The number of hydrogen-bond acceptors (Lipinski definition) is 5. The fourth-order valence-corrected chi connectivity index (χ4v) is 2.86. The molecule has 0 aliphatic carbocycles. The number of aromatic amines is 1. The highest BCUT2D eigenvalue weighted by atomic mass is 16.1. The molecule has 150 valence electrons. The third-order valence-electron chi connectivity index (χ3n) is 4.71. The topological polar surface area (TPSA) is 88.5 Å². The van der Waals surface area contributed by atoms with Gasteiger partial charge in [-0.1, -0.05) is 32.8 Å². The van der Waals surface area contributed by atoms with Crippen LogP contribution in [0.15, 0.2) is 53.6 Å². The summed E-state index contributed by atoms with van der Waals surface area (Å²) in [6.07, 6.45) is 6.25. The molecule has 7 nitrogen and oxygen atoms in total. The van der Waals surface area contributed by atoms with Crippen LogP contribution in [0, 0.1) is 0 Å². The lowest BCUT2D eigenvalue weighted by atomic mass is 9.99. The van der Waals surface area contributed by atoms with Crippen LogP contribution in [0.4, 0.5) is 5.82 Å². The van der Waals surface area contributed by atoms with E-state index in [2.05, 4.69) is 39.6 Å². The highest BCUT2D eigenvalue weighted by molar-refractivity contribution is 6.01. The van der Waals surface area contributed by atoms with E-state index < -0.39 is 0 Å². The van der Waals surface area contributed by atoms with Gasteiger partial charge < -0.3 is 9.88 Å².